The first-order valence-corrected chi connectivity index (χ1v) is 6.10. The van der Waals surface area contributed by atoms with Crippen molar-refractivity contribution in [2.45, 2.75) is 12.6 Å². The maximum Gasteiger partial charge on any atom is 0.238 e. The molecule has 0 aliphatic carbocycles. The van der Waals surface area contributed by atoms with Gasteiger partial charge >= 0.3 is 0 Å². The average Bonchev–Trinajstić information content (AvgIpc) is 2.39. The Labute approximate surface area is 106 Å². The highest BCUT2D eigenvalue weighted by Gasteiger charge is 2.19. The minimum atomic E-state index is -0.129. The van der Waals surface area contributed by atoms with E-state index in [9.17, 15) is 4.79 Å². The molecule has 0 spiro atoms. The van der Waals surface area contributed by atoms with Gasteiger partial charge in [-0.05, 0) is 17.7 Å². The highest BCUT2D eigenvalue weighted by Crippen LogP contribution is 2.09. The van der Waals surface area contributed by atoms with Gasteiger partial charge in [-0.3, -0.25) is 4.79 Å². The van der Waals surface area contributed by atoms with E-state index in [1.807, 2.05) is 24.3 Å². The zero-order valence-electron chi connectivity index (χ0n) is 9.50. The number of hydrogen-bond acceptors (Lipinski definition) is 3. The number of hydrogen-bond donors (Lipinski definition) is 3. The molecular weight excluding hydrogens is 238 g/mol. The lowest BCUT2D eigenvalue weighted by atomic mass is 10.2. The molecule has 1 heterocycles. The molecule has 92 valence electrons. The highest BCUT2D eigenvalue weighted by atomic mass is 35.5. The molecule has 1 aliphatic rings. The molecule has 0 bridgehead atoms. The average molecular weight is 254 g/mol. The Bertz CT molecular complexity index is 374. The van der Waals surface area contributed by atoms with Gasteiger partial charge in [-0.1, -0.05) is 23.7 Å². The number of amides is 1. The smallest absolute Gasteiger partial charge is 0.238 e. The van der Waals surface area contributed by atoms with Crippen LogP contribution in [0.2, 0.25) is 5.02 Å². The van der Waals surface area contributed by atoms with E-state index >= 15 is 0 Å². The number of halogens is 1. The van der Waals surface area contributed by atoms with Gasteiger partial charge in [0.05, 0.1) is 6.04 Å². The van der Waals surface area contributed by atoms with Crippen molar-refractivity contribution in [2.75, 3.05) is 19.6 Å². The summed E-state index contributed by atoms with van der Waals surface area (Å²) in [5.41, 5.74) is 1.05. The minimum absolute atomic E-state index is 0.0344. The quantitative estimate of drug-likeness (QED) is 0.736. The Kier molecular flexibility index (Phi) is 4.36. The summed E-state index contributed by atoms with van der Waals surface area (Å²) in [6.45, 7) is 2.97. The van der Waals surface area contributed by atoms with Crippen LogP contribution in [0.3, 0.4) is 0 Å². The summed E-state index contributed by atoms with van der Waals surface area (Å²) >= 11 is 5.79. The Morgan fingerprint density at radius 3 is 2.76 bits per heavy atom. The second-order valence-corrected chi connectivity index (χ2v) is 4.49. The van der Waals surface area contributed by atoms with Crippen LogP contribution in [0.25, 0.3) is 0 Å². The molecule has 4 nitrogen and oxygen atoms in total. The maximum absolute atomic E-state index is 11.8. The molecule has 1 saturated heterocycles. The van der Waals surface area contributed by atoms with Crippen molar-refractivity contribution in [1.82, 2.24) is 16.0 Å². The second-order valence-electron chi connectivity index (χ2n) is 4.06. The van der Waals surface area contributed by atoms with Crippen molar-refractivity contribution in [2.24, 2.45) is 0 Å². The molecule has 1 fully saturated rings. The summed E-state index contributed by atoms with van der Waals surface area (Å²) in [7, 11) is 0. The zero-order chi connectivity index (χ0) is 12.1. The number of rotatable bonds is 3. The first-order valence-electron chi connectivity index (χ1n) is 5.72. The van der Waals surface area contributed by atoms with Crippen LogP contribution >= 0.6 is 11.6 Å². The lowest BCUT2D eigenvalue weighted by molar-refractivity contribution is -0.123. The first-order chi connectivity index (χ1) is 8.25. The SMILES string of the molecule is O=C(NCc1ccc(Cl)cc1)C1CNCCN1. The van der Waals surface area contributed by atoms with Crippen molar-refractivity contribution in [3.8, 4) is 0 Å². The van der Waals surface area contributed by atoms with Gasteiger partial charge < -0.3 is 16.0 Å². The van der Waals surface area contributed by atoms with E-state index in [2.05, 4.69) is 16.0 Å². The predicted octanol–water partition coefficient (Wildman–Crippen LogP) is 0.518. The van der Waals surface area contributed by atoms with Crippen LogP contribution in [0.5, 0.6) is 0 Å². The van der Waals surface area contributed by atoms with Gasteiger partial charge in [0.1, 0.15) is 0 Å². The third-order valence-electron chi connectivity index (χ3n) is 2.74. The van der Waals surface area contributed by atoms with E-state index in [1.165, 1.54) is 0 Å². The molecule has 5 heteroatoms. The molecule has 0 aromatic heterocycles. The molecule has 0 radical (unpaired) electrons. The molecule has 17 heavy (non-hydrogen) atoms. The van der Waals surface area contributed by atoms with Crippen LogP contribution < -0.4 is 16.0 Å². The first kappa shape index (κ1) is 12.4. The monoisotopic (exact) mass is 253 g/mol. The Morgan fingerprint density at radius 2 is 2.12 bits per heavy atom. The lowest BCUT2D eigenvalue weighted by Crippen LogP contribution is -2.55. The normalized spacial score (nSPS) is 19.9. The van der Waals surface area contributed by atoms with Crippen molar-refractivity contribution >= 4 is 17.5 Å². The second kappa shape index (κ2) is 6.00. The molecular formula is C12H16ClN3O. The fraction of sp³-hybridized carbons (Fsp3) is 0.417. The van der Waals surface area contributed by atoms with Crippen LogP contribution in [0.15, 0.2) is 24.3 Å². The van der Waals surface area contributed by atoms with Gasteiger partial charge in [0.25, 0.3) is 0 Å². The molecule has 1 aromatic rings. The van der Waals surface area contributed by atoms with E-state index in [1.54, 1.807) is 0 Å². The third kappa shape index (κ3) is 3.70. The molecule has 1 aromatic carbocycles. The number of benzene rings is 1. The minimum Gasteiger partial charge on any atom is -0.351 e. The fourth-order valence-corrected chi connectivity index (χ4v) is 1.88. The summed E-state index contributed by atoms with van der Waals surface area (Å²) in [5.74, 6) is 0.0344. The highest BCUT2D eigenvalue weighted by molar-refractivity contribution is 6.30. The van der Waals surface area contributed by atoms with Gasteiger partial charge in [0.15, 0.2) is 0 Å². The summed E-state index contributed by atoms with van der Waals surface area (Å²) < 4.78 is 0. The van der Waals surface area contributed by atoms with E-state index in [0.717, 1.165) is 18.7 Å². The van der Waals surface area contributed by atoms with Crippen LogP contribution in [-0.2, 0) is 11.3 Å². The summed E-state index contributed by atoms with van der Waals surface area (Å²) in [6.07, 6.45) is 0. The molecule has 3 N–H and O–H groups in total. The van der Waals surface area contributed by atoms with Crippen LogP contribution in [0.4, 0.5) is 0 Å². The van der Waals surface area contributed by atoms with Crippen LogP contribution in [-0.4, -0.2) is 31.6 Å². The molecule has 1 amide bonds. The van der Waals surface area contributed by atoms with Gasteiger partial charge in [-0.2, -0.15) is 0 Å². The van der Waals surface area contributed by atoms with Crippen molar-refractivity contribution in [3.63, 3.8) is 0 Å². The van der Waals surface area contributed by atoms with Crippen molar-refractivity contribution < 1.29 is 4.79 Å². The van der Waals surface area contributed by atoms with Gasteiger partial charge in [-0.15, -0.1) is 0 Å². The van der Waals surface area contributed by atoms with Gasteiger partial charge in [-0.25, -0.2) is 0 Å². The van der Waals surface area contributed by atoms with E-state index in [4.69, 9.17) is 11.6 Å². The Balaban J connectivity index is 1.81. The number of nitrogens with one attached hydrogen (secondary N) is 3. The molecule has 0 saturated carbocycles. The fourth-order valence-electron chi connectivity index (χ4n) is 1.75. The third-order valence-corrected chi connectivity index (χ3v) is 2.99. The number of piperazine rings is 1. The largest absolute Gasteiger partial charge is 0.351 e. The van der Waals surface area contributed by atoms with Crippen molar-refractivity contribution in [1.29, 1.82) is 0 Å². The van der Waals surface area contributed by atoms with Crippen LogP contribution in [0.1, 0.15) is 5.56 Å². The standard InChI is InChI=1S/C12H16ClN3O/c13-10-3-1-9(2-4-10)7-16-12(17)11-8-14-5-6-15-11/h1-4,11,14-15H,5-8H2,(H,16,17). The zero-order valence-corrected chi connectivity index (χ0v) is 10.3. The maximum atomic E-state index is 11.8. The van der Waals surface area contributed by atoms with E-state index < -0.39 is 0 Å². The van der Waals surface area contributed by atoms with Crippen LogP contribution in [0, 0.1) is 0 Å². The Morgan fingerprint density at radius 1 is 1.35 bits per heavy atom. The number of carbonyl (C=O) groups excluding carboxylic acids is 1. The lowest BCUT2D eigenvalue weighted by Gasteiger charge is -2.23. The number of carbonyl (C=O) groups is 1. The Hall–Kier alpha value is -1.10. The molecule has 2 rings (SSSR count). The molecule has 1 aliphatic heterocycles. The predicted molar refractivity (Wildman–Crippen MR) is 68.0 cm³/mol. The van der Waals surface area contributed by atoms with Crippen molar-refractivity contribution in [3.05, 3.63) is 34.9 Å². The van der Waals surface area contributed by atoms with Gasteiger partial charge in [0, 0.05) is 31.2 Å². The summed E-state index contributed by atoms with van der Waals surface area (Å²) in [5, 5.41) is 9.96. The molecule has 1 unspecified atom stereocenters. The van der Waals surface area contributed by atoms with E-state index in [0.29, 0.717) is 18.1 Å². The summed E-state index contributed by atoms with van der Waals surface area (Å²) in [6, 6.07) is 7.34. The topological polar surface area (TPSA) is 53.2 Å². The molecule has 1 atom stereocenters. The van der Waals surface area contributed by atoms with E-state index in [-0.39, 0.29) is 11.9 Å². The summed E-state index contributed by atoms with van der Waals surface area (Å²) in [4.78, 5) is 11.8. The van der Waals surface area contributed by atoms with Gasteiger partial charge in [0.2, 0.25) is 5.91 Å².